The van der Waals surface area contributed by atoms with Crippen LogP contribution in [0.25, 0.3) is 10.9 Å². The van der Waals surface area contributed by atoms with Crippen molar-refractivity contribution in [1.29, 1.82) is 0 Å². The van der Waals surface area contributed by atoms with E-state index in [2.05, 4.69) is 84.5 Å². The molecule has 0 spiro atoms. The molecule has 5 heteroatoms. The molecular weight excluding hydrogens is 438 g/mol. The summed E-state index contributed by atoms with van der Waals surface area (Å²) in [7, 11) is 0. The average Bonchev–Trinajstić information content (AvgIpc) is 3.41. The smallest absolute Gasteiger partial charge is 0.272 e. The Morgan fingerprint density at radius 2 is 1.91 bits per heavy atom. The highest BCUT2D eigenvalue weighted by Gasteiger charge is 2.31. The van der Waals surface area contributed by atoms with Gasteiger partial charge in [0.1, 0.15) is 0 Å². The van der Waals surface area contributed by atoms with Crippen LogP contribution in [0.3, 0.4) is 0 Å². The topological polar surface area (TPSA) is 46.4 Å². The molecule has 1 N–H and O–H groups in total. The van der Waals surface area contributed by atoms with Crippen LogP contribution in [0.2, 0.25) is 0 Å². The third-order valence-corrected chi connectivity index (χ3v) is 8.06. The lowest BCUT2D eigenvalue weighted by molar-refractivity contribution is 0.0954. The quantitative estimate of drug-likeness (QED) is 0.258. The molecule has 5 rings (SSSR count). The fourth-order valence-electron chi connectivity index (χ4n) is 4.95. The van der Waals surface area contributed by atoms with E-state index in [9.17, 15) is 4.79 Å². The molecular formula is C29H31N3OS. The summed E-state index contributed by atoms with van der Waals surface area (Å²) in [5.41, 5.74) is 8.48. The zero-order chi connectivity index (χ0) is 23.7. The molecule has 2 heterocycles. The summed E-state index contributed by atoms with van der Waals surface area (Å²) >= 11 is 1.72. The Bertz CT molecular complexity index is 1340. The first-order valence-electron chi connectivity index (χ1n) is 11.9. The minimum Gasteiger partial charge on any atom is -0.342 e. The van der Waals surface area contributed by atoms with Crippen LogP contribution in [0.4, 0.5) is 0 Å². The van der Waals surface area contributed by atoms with Crippen molar-refractivity contribution in [2.24, 2.45) is 16.4 Å². The van der Waals surface area contributed by atoms with Crippen molar-refractivity contribution in [3.63, 3.8) is 0 Å². The number of rotatable bonds is 5. The Morgan fingerprint density at radius 1 is 1.15 bits per heavy atom. The van der Waals surface area contributed by atoms with Gasteiger partial charge in [-0.05, 0) is 47.8 Å². The summed E-state index contributed by atoms with van der Waals surface area (Å²) < 4.78 is 2.23. The van der Waals surface area contributed by atoms with Crippen molar-refractivity contribution in [1.82, 2.24) is 9.99 Å². The first-order valence-corrected chi connectivity index (χ1v) is 12.8. The summed E-state index contributed by atoms with van der Waals surface area (Å²) in [6.07, 6.45) is 7.04. The minimum atomic E-state index is -0.115. The van der Waals surface area contributed by atoms with Crippen molar-refractivity contribution in [3.05, 3.63) is 93.3 Å². The highest BCUT2D eigenvalue weighted by Crippen LogP contribution is 2.40. The maximum absolute atomic E-state index is 12.9. The predicted molar refractivity (Wildman–Crippen MR) is 142 cm³/mol. The van der Waals surface area contributed by atoms with Crippen LogP contribution in [0.15, 0.2) is 71.3 Å². The number of thiophene rings is 1. The first kappa shape index (κ1) is 22.6. The molecule has 1 aliphatic rings. The number of fused-ring (bicyclic) bond motifs is 2. The second kappa shape index (κ2) is 9.22. The maximum atomic E-state index is 12.9. The molecule has 2 aromatic heterocycles. The summed E-state index contributed by atoms with van der Waals surface area (Å²) in [5.74, 6) is 0.553. The SMILES string of the molecule is CC(C)(C)[C@H]1CCc2c(C(=O)N/N=C\c3cn(Cc4ccccc4)c4ccccc34)csc2C1. The number of nitrogens with zero attached hydrogens (tertiary/aromatic N) is 2. The molecule has 1 aliphatic carbocycles. The number of nitrogens with one attached hydrogen (secondary N) is 1. The first-order chi connectivity index (χ1) is 16.4. The molecule has 0 saturated carbocycles. The van der Waals surface area contributed by atoms with Gasteiger partial charge in [-0.25, -0.2) is 5.43 Å². The molecule has 0 bridgehead atoms. The van der Waals surface area contributed by atoms with Crippen LogP contribution >= 0.6 is 11.3 Å². The summed E-state index contributed by atoms with van der Waals surface area (Å²) in [6, 6.07) is 18.7. The van der Waals surface area contributed by atoms with Crippen LogP contribution in [-0.2, 0) is 19.4 Å². The number of benzene rings is 2. The monoisotopic (exact) mass is 469 g/mol. The van der Waals surface area contributed by atoms with E-state index in [-0.39, 0.29) is 5.91 Å². The van der Waals surface area contributed by atoms with Crippen LogP contribution in [-0.4, -0.2) is 16.7 Å². The van der Waals surface area contributed by atoms with Gasteiger partial charge in [-0.3, -0.25) is 4.79 Å². The van der Waals surface area contributed by atoms with Gasteiger partial charge in [0, 0.05) is 39.5 Å². The molecule has 4 aromatic rings. The Kier molecular flexibility index (Phi) is 6.13. The molecule has 0 fully saturated rings. The number of para-hydroxylation sites is 1. The van der Waals surface area contributed by atoms with E-state index >= 15 is 0 Å². The van der Waals surface area contributed by atoms with E-state index in [1.165, 1.54) is 16.0 Å². The van der Waals surface area contributed by atoms with E-state index in [1.54, 1.807) is 17.6 Å². The van der Waals surface area contributed by atoms with Gasteiger partial charge >= 0.3 is 0 Å². The summed E-state index contributed by atoms with van der Waals surface area (Å²) in [5, 5.41) is 7.47. The van der Waals surface area contributed by atoms with Crippen molar-refractivity contribution in [3.8, 4) is 0 Å². The van der Waals surface area contributed by atoms with Gasteiger partial charge in [0.25, 0.3) is 5.91 Å². The molecule has 2 aromatic carbocycles. The second-order valence-electron chi connectivity index (χ2n) is 10.3. The standard InChI is InChI=1S/C29H31N3OS/c1-29(2,3)22-13-14-24-25(19-34-27(24)15-22)28(33)31-30-16-21-18-32(17-20-9-5-4-6-10-20)26-12-8-7-11-23(21)26/h4-12,16,18-19,22H,13-15,17H2,1-3H3,(H,31,33)/b30-16-/t22-/m0/s1. The fraction of sp³-hybridized carbons (Fsp3) is 0.310. The van der Waals surface area contributed by atoms with E-state index in [1.807, 2.05) is 17.5 Å². The molecule has 4 nitrogen and oxygen atoms in total. The Balaban J connectivity index is 1.32. The predicted octanol–water partition coefficient (Wildman–Crippen LogP) is 6.67. The largest absolute Gasteiger partial charge is 0.342 e. The molecule has 0 aliphatic heterocycles. The average molecular weight is 470 g/mol. The molecule has 0 radical (unpaired) electrons. The Morgan fingerprint density at radius 3 is 2.71 bits per heavy atom. The molecule has 0 saturated heterocycles. The van der Waals surface area contributed by atoms with E-state index < -0.39 is 0 Å². The number of hydrazone groups is 1. The molecule has 34 heavy (non-hydrogen) atoms. The number of hydrogen-bond acceptors (Lipinski definition) is 3. The highest BCUT2D eigenvalue weighted by molar-refractivity contribution is 7.10. The van der Waals surface area contributed by atoms with E-state index in [4.69, 9.17) is 0 Å². The molecule has 174 valence electrons. The van der Waals surface area contributed by atoms with E-state index in [0.29, 0.717) is 11.3 Å². The molecule has 1 amide bonds. The lowest BCUT2D eigenvalue weighted by atomic mass is 9.72. The third-order valence-electron chi connectivity index (χ3n) is 7.01. The van der Waals surface area contributed by atoms with Crippen LogP contribution in [0, 0.1) is 11.3 Å². The fourth-order valence-corrected chi connectivity index (χ4v) is 6.11. The van der Waals surface area contributed by atoms with Gasteiger partial charge in [0.15, 0.2) is 0 Å². The Labute approximate surface area is 205 Å². The summed E-state index contributed by atoms with van der Waals surface area (Å²) in [4.78, 5) is 14.3. The van der Waals surface area contributed by atoms with Gasteiger partial charge in [0.05, 0.1) is 11.8 Å². The van der Waals surface area contributed by atoms with Crippen LogP contribution < -0.4 is 5.43 Å². The Hall–Kier alpha value is -3.18. The van der Waals surface area contributed by atoms with Crippen molar-refractivity contribution >= 4 is 34.4 Å². The number of hydrogen-bond donors (Lipinski definition) is 1. The zero-order valence-electron chi connectivity index (χ0n) is 20.0. The normalized spacial score (nSPS) is 16.1. The summed E-state index contributed by atoms with van der Waals surface area (Å²) in [6.45, 7) is 7.73. The van der Waals surface area contributed by atoms with Crippen molar-refractivity contribution in [2.75, 3.05) is 0 Å². The van der Waals surface area contributed by atoms with Gasteiger partial charge in [-0.15, -0.1) is 11.3 Å². The highest BCUT2D eigenvalue weighted by atomic mass is 32.1. The number of carbonyl (C=O) groups is 1. The van der Waals surface area contributed by atoms with Crippen LogP contribution in [0.1, 0.15) is 59.1 Å². The third kappa shape index (κ3) is 4.58. The number of amides is 1. The number of carbonyl (C=O) groups excluding carboxylic acids is 1. The van der Waals surface area contributed by atoms with Gasteiger partial charge < -0.3 is 4.57 Å². The molecule has 1 atom stereocenters. The maximum Gasteiger partial charge on any atom is 0.272 e. The zero-order valence-corrected chi connectivity index (χ0v) is 20.9. The van der Waals surface area contributed by atoms with Crippen molar-refractivity contribution in [2.45, 2.75) is 46.6 Å². The van der Waals surface area contributed by atoms with Crippen molar-refractivity contribution < 1.29 is 4.79 Å². The molecule has 0 unspecified atom stereocenters. The number of aromatic nitrogens is 1. The lowest BCUT2D eigenvalue weighted by Crippen LogP contribution is -2.27. The van der Waals surface area contributed by atoms with E-state index in [0.717, 1.165) is 47.8 Å². The van der Waals surface area contributed by atoms with Gasteiger partial charge in [-0.2, -0.15) is 5.10 Å². The second-order valence-corrected chi connectivity index (χ2v) is 11.2. The van der Waals surface area contributed by atoms with Gasteiger partial charge in [-0.1, -0.05) is 69.3 Å². The van der Waals surface area contributed by atoms with Crippen LogP contribution in [0.5, 0.6) is 0 Å². The minimum absolute atomic E-state index is 0.115. The van der Waals surface area contributed by atoms with Gasteiger partial charge in [0.2, 0.25) is 0 Å². The lowest BCUT2D eigenvalue weighted by Gasteiger charge is -2.33.